The summed E-state index contributed by atoms with van der Waals surface area (Å²) in [4.78, 5) is 0.498. The summed E-state index contributed by atoms with van der Waals surface area (Å²) in [6.45, 7) is 6.19. The Morgan fingerprint density at radius 2 is 2.08 bits per heavy atom. The topological polar surface area (TPSA) is 39.8 Å². The lowest BCUT2D eigenvalue weighted by atomic mass is 9.89. The van der Waals surface area contributed by atoms with Crippen molar-refractivity contribution in [3.8, 4) is 0 Å². The predicted molar refractivity (Wildman–Crippen MR) is 49.1 cm³/mol. The van der Waals surface area contributed by atoms with Gasteiger partial charge in [0.25, 0.3) is 5.03 Å². The largest absolute Gasteiger partial charge is 0.593 e. The first-order valence-electron chi connectivity index (χ1n) is 3.70. The average molecular weight is 184 g/mol. The summed E-state index contributed by atoms with van der Waals surface area (Å²) in [7, 11) is 0. The van der Waals surface area contributed by atoms with E-state index in [0.29, 0.717) is 9.87 Å². The number of nitrogens with zero attached hydrogens (tertiary/aromatic N) is 2. The minimum absolute atomic E-state index is 0.0126. The molecule has 0 unspecified atom stereocenters. The molecule has 12 heavy (non-hydrogen) atoms. The molecule has 1 aromatic rings. The van der Waals surface area contributed by atoms with Gasteiger partial charge in [-0.15, -0.1) is 0 Å². The molecule has 0 saturated carbocycles. The molecule has 0 radical (unpaired) electrons. The summed E-state index contributed by atoms with van der Waals surface area (Å²) >= 11 is 3.99. The normalized spacial score (nSPS) is 11.7. The molecule has 0 aromatic carbocycles. The number of rotatable bonds is 0. The average Bonchev–Trinajstić information content (AvgIpc) is 1.92. The van der Waals surface area contributed by atoms with Crippen LogP contribution < -0.4 is 4.85 Å². The van der Waals surface area contributed by atoms with E-state index in [4.69, 9.17) is 0 Å². The summed E-state index contributed by atoms with van der Waals surface area (Å²) in [5.41, 5.74) is 1.03. The van der Waals surface area contributed by atoms with Gasteiger partial charge in [0.2, 0.25) is 0 Å². The molecule has 0 amide bonds. The molecule has 66 valence electrons. The Morgan fingerprint density at radius 1 is 1.50 bits per heavy atom. The van der Waals surface area contributed by atoms with Crippen molar-refractivity contribution in [3.63, 3.8) is 0 Å². The Hall–Kier alpha value is -0.770. The number of aromatic nitrogens is 2. The van der Waals surface area contributed by atoms with E-state index in [1.54, 1.807) is 12.3 Å². The van der Waals surface area contributed by atoms with Gasteiger partial charge in [0, 0.05) is 11.2 Å². The van der Waals surface area contributed by atoms with E-state index in [-0.39, 0.29) is 5.41 Å². The van der Waals surface area contributed by atoms with Crippen LogP contribution in [0.25, 0.3) is 0 Å². The number of hydrogen-bond acceptors (Lipinski definition) is 3. The van der Waals surface area contributed by atoms with Gasteiger partial charge in [-0.1, -0.05) is 33.4 Å². The monoisotopic (exact) mass is 184 g/mol. The third-order valence-corrected chi connectivity index (χ3v) is 1.95. The summed E-state index contributed by atoms with van der Waals surface area (Å²) in [6.07, 6.45) is 1.58. The molecule has 0 aliphatic heterocycles. The minimum atomic E-state index is 0.0126. The molecule has 3 nitrogen and oxygen atoms in total. The lowest BCUT2D eigenvalue weighted by Crippen LogP contribution is -2.33. The maximum Gasteiger partial charge on any atom is 0.276 e. The molecule has 0 N–H and O–H groups in total. The van der Waals surface area contributed by atoms with E-state index >= 15 is 0 Å². The SMILES string of the molecule is CC(C)(C)c1cn[n+]([O-])c(S)c1. The Bertz CT molecular complexity index is 294. The standard InChI is InChI=1S/C8H12N2OS/c1-8(2,3)6-4-7(12)10(11)9-5-6/h4-5,12H,1-3H3. The second-order valence-electron chi connectivity index (χ2n) is 3.73. The predicted octanol–water partition coefficient (Wildman–Crippen LogP) is 1.30. The van der Waals surface area contributed by atoms with Crippen LogP contribution in [0.5, 0.6) is 0 Å². The summed E-state index contributed by atoms with van der Waals surface area (Å²) in [6, 6.07) is 1.74. The Morgan fingerprint density at radius 3 is 2.50 bits per heavy atom. The first-order valence-corrected chi connectivity index (χ1v) is 4.15. The molecule has 1 heterocycles. The highest BCUT2D eigenvalue weighted by molar-refractivity contribution is 7.80. The molecule has 0 fully saturated rings. The van der Waals surface area contributed by atoms with Crippen LogP contribution in [0.4, 0.5) is 0 Å². The first-order chi connectivity index (χ1) is 5.41. The molecular formula is C8H12N2OS. The fraction of sp³-hybridized carbons (Fsp3) is 0.500. The van der Waals surface area contributed by atoms with Crippen molar-refractivity contribution in [2.24, 2.45) is 0 Å². The van der Waals surface area contributed by atoms with E-state index in [9.17, 15) is 5.21 Å². The fourth-order valence-corrected chi connectivity index (χ4v) is 1.01. The van der Waals surface area contributed by atoms with Crippen molar-refractivity contribution in [2.75, 3.05) is 0 Å². The third kappa shape index (κ3) is 1.88. The Labute approximate surface area is 77.4 Å². The highest BCUT2D eigenvalue weighted by Crippen LogP contribution is 2.21. The van der Waals surface area contributed by atoms with Crippen LogP contribution in [0.15, 0.2) is 17.3 Å². The van der Waals surface area contributed by atoms with E-state index in [1.807, 2.05) is 0 Å². The molecule has 0 aliphatic carbocycles. The summed E-state index contributed by atoms with van der Waals surface area (Å²) < 4.78 is 0. The van der Waals surface area contributed by atoms with Crippen LogP contribution in [0.1, 0.15) is 26.3 Å². The smallest absolute Gasteiger partial charge is 0.276 e. The van der Waals surface area contributed by atoms with Crippen molar-refractivity contribution in [3.05, 3.63) is 23.0 Å². The molecule has 4 heteroatoms. The lowest BCUT2D eigenvalue weighted by Gasteiger charge is -2.17. The van der Waals surface area contributed by atoms with Gasteiger partial charge in [-0.05, 0) is 15.8 Å². The maximum absolute atomic E-state index is 10.8. The van der Waals surface area contributed by atoms with Crippen LogP contribution in [0.2, 0.25) is 0 Å². The molecule has 0 spiro atoms. The van der Waals surface area contributed by atoms with Gasteiger partial charge >= 0.3 is 0 Å². The van der Waals surface area contributed by atoms with Crippen LogP contribution in [0, 0.1) is 5.21 Å². The van der Waals surface area contributed by atoms with Crippen molar-refractivity contribution in [1.29, 1.82) is 0 Å². The van der Waals surface area contributed by atoms with E-state index < -0.39 is 0 Å². The zero-order valence-corrected chi connectivity index (χ0v) is 8.30. The van der Waals surface area contributed by atoms with Crippen LogP contribution >= 0.6 is 12.6 Å². The fourth-order valence-electron chi connectivity index (χ4n) is 0.816. The maximum atomic E-state index is 10.8. The number of thiol groups is 1. The van der Waals surface area contributed by atoms with Gasteiger partial charge < -0.3 is 5.21 Å². The third-order valence-electron chi connectivity index (χ3n) is 1.65. The van der Waals surface area contributed by atoms with E-state index in [2.05, 4.69) is 38.5 Å². The lowest BCUT2D eigenvalue weighted by molar-refractivity contribution is -0.706. The van der Waals surface area contributed by atoms with Crippen LogP contribution in [0.3, 0.4) is 0 Å². The van der Waals surface area contributed by atoms with E-state index in [1.165, 1.54) is 0 Å². The molecule has 0 atom stereocenters. The number of hydrogen-bond donors (Lipinski definition) is 1. The first kappa shape index (κ1) is 9.32. The van der Waals surface area contributed by atoms with Gasteiger partial charge in [0.1, 0.15) is 0 Å². The van der Waals surface area contributed by atoms with Crippen molar-refractivity contribution >= 4 is 12.6 Å². The van der Waals surface area contributed by atoms with Gasteiger partial charge in [-0.3, -0.25) is 0 Å². The highest BCUT2D eigenvalue weighted by Gasteiger charge is 2.16. The molecule has 1 rings (SSSR count). The Balaban J connectivity index is 3.14. The molecular weight excluding hydrogens is 172 g/mol. The van der Waals surface area contributed by atoms with Crippen LogP contribution in [-0.4, -0.2) is 5.10 Å². The van der Waals surface area contributed by atoms with Crippen molar-refractivity contribution in [1.82, 2.24) is 5.10 Å². The summed E-state index contributed by atoms with van der Waals surface area (Å²) in [5.74, 6) is 0. The summed E-state index contributed by atoms with van der Waals surface area (Å²) in [5, 5.41) is 14.8. The zero-order chi connectivity index (χ0) is 9.35. The van der Waals surface area contributed by atoms with Crippen molar-refractivity contribution in [2.45, 2.75) is 31.2 Å². The van der Waals surface area contributed by atoms with Gasteiger partial charge in [0.15, 0.2) is 0 Å². The highest BCUT2D eigenvalue weighted by atomic mass is 32.1. The molecule has 1 aromatic heterocycles. The van der Waals surface area contributed by atoms with Crippen molar-refractivity contribution < 1.29 is 4.85 Å². The van der Waals surface area contributed by atoms with Gasteiger partial charge in [-0.25, -0.2) is 0 Å². The van der Waals surface area contributed by atoms with E-state index in [0.717, 1.165) is 5.56 Å². The quantitative estimate of drug-likeness (QED) is 0.375. The molecule has 0 saturated heterocycles. The zero-order valence-electron chi connectivity index (χ0n) is 7.40. The molecule has 0 bridgehead atoms. The van der Waals surface area contributed by atoms with Crippen LogP contribution in [-0.2, 0) is 5.41 Å². The Kier molecular flexibility index (Phi) is 2.28. The second kappa shape index (κ2) is 2.94. The minimum Gasteiger partial charge on any atom is -0.593 e. The second-order valence-corrected chi connectivity index (χ2v) is 4.18. The van der Waals surface area contributed by atoms with Gasteiger partial charge in [0.05, 0.1) is 6.20 Å². The molecule has 0 aliphatic rings. The van der Waals surface area contributed by atoms with Gasteiger partial charge in [-0.2, -0.15) is 0 Å².